The molecule has 5 aromatic rings. The molecule has 0 amide bonds. The second-order valence-corrected chi connectivity index (χ2v) is 11.6. The van der Waals surface area contributed by atoms with Gasteiger partial charge in [0.1, 0.15) is 6.04 Å². The average Bonchev–Trinajstić information content (AvgIpc) is 3.63. The lowest BCUT2D eigenvalue weighted by Gasteiger charge is -2.29. The van der Waals surface area contributed by atoms with Crippen molar-refractivity contribution in [1.82, 2.24) is 14.9 Å². The fourth-order valence-electron chi connectivity index (χ4n) is 5.16. The molecule has 0 bridgehead atoms. The molecule has 3 heterocycles. The predicted molar refractivity (Wildman–Crippen MR) is 172 cm³/mol. The van der Waals surface area contributed by atoms with Gasteiger partial charge in [0.25, 0.3) is 5.69 Å². The standard InChI is InChI=1S/C32H28N6O2S2/c1-35(2)22-8-10-23(11-9-22)36-21-5-7-29(36)31-30(28-6-3-4-20-33-28)34-32(41)37(31)24-12-16-26(17-13-24)42-27-18-14-25(15-19-27)38(39)40/h3-21,30-31H,1-2H3,(H,34,41). The number of nitrogens with zero attached hydrogens (tertiary/aromatic N) is 5. The maximum Gasteiger partial charge on any atom is 0.269 e. The first kappa shape index (κ1) is 27.5. The molecule has 1 fully saturated rings. The molecule has 1 saturated heterocycles. The van der Waals surface area contributed by atoms with Gasteiger partial charge in [-0.3, -0.25) is 15.1 Å². The van der Waals surface area contributed by atoms with E-state index in [1.807, 2.05) is 50.6 Å². The Labute approximate surface area is 253 Å². The van der Waals surface area contributed by atoms with Crippen LogP contribution in [0, 0.1) is 10.1 Å². The smallest absolute Gasteiger partial charge is 0.269 e. The lowest BCUT2D eigenvalue weighted by atomic mass is 10.0. The first-order valence-electron chi connectivity index (χ1n) is 13.4. The minimum atomic E-state index is -0.389. The summed E-state index contributed by atoms with van der Waals surface area (Å²) in [5, 5.41) is 15.2. The minimum Gasteiger partial charge on any atom is -0.378 e. The van der Waals surface area contributed by atoms with Crippen molar-refractivity contribution in [1.29, 1.82) is 0 Å². The fourth-order valence-corrected chi connectivity index (χ4v) is 6.32. The molecular weight excluding hydrogens is 565 g/mol. The van der Waals surface area contributed by atoms with E-state index in [-0.39, 0.29) is 22.7 Å². The van der Waals surface area contributed by atoms with Gasteiger partial charge in [0.15, 0.2) is 5.11 Å². The van der Waals surface area contributed by atoms with E-state index in [0.717, 1.165) is 38.2 Å². The molecule has 0 spiro atoms. The lowest BCUT2D eigenvalue weighted by Crippen LogP contribution is -2.30. The minimum absolute atomic E-state index is 0.0802. The molecule has 210 valence electrons. The van der Waals surface area contributed by atoms with Crippen LogP contribution in [0.5, 0.6) is 0 Å². The summed E-state index contributed by atoms with van der Waals surface area (Å²) in [6.45, 7) is 0. The largest absolute Gasteiger partial charge is 0.378 e. The van der Waals surface area contributed by atoms with Gasteiger partial charge in [-0.05, 0) is 97.1 Å². The number of thiocarbonyl (C=S) groups is 1. The molecule has 2 aromatic heterocycles. The zero-order valence-electron chi connectivity index (χ0n) is 23.0. The average molecular weight is 593 g/mol. The van der Waals surface area contributed by atoms with Crippen LogP contribution >= 0.6 is 24.0 Å². The van der Waals surface area contributed by atoms with Gasteiger partial charge in [0.05, 0.1) is 16.7 Å². The van der Waals surface area contributed by atoms with Crippen LogP contribution < -0.4 is 15.1 Å². The first-order valence-corrected chi connectivity index (χ1v) is 14.6. The van der Waals surface area contributed by atoms with Crippen molar-refractivity contribution in [2.24, 2.45) is 0 Å². The van der Waals surface area contributed by atoms with Crippen LogP contribution in [0.1, 0.15) is 23.5 Å². The number of non-ortho nitro benzene ring substituents is 1. The van der Waals surface area contributed by atoms with Gasteiger partial charge in [-0.2, -0.15) is 0 Å². The Hall–Kier alpha value is -4.67. The number of nitrogens with one attached hydrogen (secondary N) is 1. The van der Waals surface area contributed by atoms with Crippen LogP contribution in [0.3, 0.4) is 0 Å². The summed E-state index contributed by atoms with van der Waals surface area (Å²) in [6, 6.07) is 33.1. The van der Waals surface area contributed by atoms with Gasteiger partial charge in [-0.1, -0.05) is 17.8 Å². The number of anilines is 2. The van der Waals surface area contributed by atoms with Crippen molar-refractivity contribution >= 4 is 46.2 Å². The van der Waals surface area contributed by atoms with Crippen molar-refractivity contribution in [2.45, 2.75) is 21.9 Å². The maximum absolute atomic E-state index is 11.0. The molecule has 0 aliphatic carbocycles. The van der Waals surface area contributed by atoms with Crippen molar-refractivity contribution in [3.8, 4) is 5.69 Å². The third-order valence-electron chi connectivity index (χ3n) is 7.22. The fraction of sp³-hybridized carbons (Fsp3) is 0.125. The van der Waals surface area contributed by atoms with Crippen LogP contribution in [0.2, 0.25) is 0 Å². The first-order chi connectivity index (χ1) is 20.4. The van der Waals surface area contributed by atoms with E-state index in [2.05, 4.69) is 79.4 Å². The molecule has 2 unspecified atom stereocenters. The Kier molecular flexibility index (Phi) is 7.64. The predicted octanol–water partition coefficient (Wildman–Crippen LogP) is 7.17. The number of nitro groups is 1. The number of aromatic nitrogens is 2. The number of hydrogen-bond donors (Lipinski definition) is 1. The van der Waals surface area contributed by atoms with Gasteiger partial charge >= 0.3 is 0 Å². The summed E-state index contributed by atoms with van der Waals surface area (Å²) < 4.78 is 2.21. The Bertz CT molecular complexity index is 1710. The molecule has 10 heteroatoms. The molecule has 1 N–H and O–H groups in total. The normalized spacial score (nSPS) is 16.3. The van der Waals surface area contributed by atoms with E-state index in [1.165, 1.54) is 12.1 Å². The van der Waals surface area contributed by atoms with Gasteiger partial charge in [0.2, 0.25) is 0 Å². The summed E-state index contributed by atoms with van der Waals surface area (Å²) in [4.78, 5) is 21.5. The highest BCUT2D eigenvalue weighted by atomic mass is 32.2. The molecule has 0 radical (unpaired) electrons. The molecular formula is C32H28N6O2S2. The van der Waals surface area contributed by atoms with E-state index < -0.39 is 0 Å². The number of benzene rings is 3. The molecule has 0 saturated carbocycles. The molecule has 2 atom stereocenters. The Morgan fingerprint density at radius 2 is 1.55 bits per heavy atom. The summed E-state index contributed by atoms with van der Waals surface area (Å²) in [6.07, 6.45) is 3.89. The quantitative estimate of drug-likeness (QED) is 0.115. The highest BCUT2D eigenvalue weighted by molar-refractivity contribution is 7.99. The molecule has 1 aliphatic heterocycles. The van der Waals surface area contributed by atoms with Crippen LogP contribution in [-0.4, -0.2) is 33.7 Å². The summed E-state index contributed by atoms with van der Waals surface area (Å²) in [5.41, 5.74) is 5.23. The third-order valence-corrected chi connectivity index (χ3v) is 8.55. The Balaban J connectivity index is 1.35. The second kappa shape index (κ2) is 11.7. The number of nitro benzene ring substituents is 1. The van der Waals surface area contributed by atoms with E-state index in [9.17, 15) is 10.1 Å². The van der Waals surface area contributed by atoms with Crippen LogP contribution in [0.25, 0.3) is 5.69 Å². The number of pyridine rings is 1. The van der Waals surface area contributed by atoms with E-state index in [0.29, 0.717) is 5.11 Å². The van der Waals surface area contributed by atoms with Crippen LogP contribution in [0.15, 0.2) is 125 Å². The van der Waals surface area contributed by atoms with Gasteiger partial charge < -0.3 is 19.7 Å². The number of rotatable bonds is 8. The van der Waals surface area contributed by atoms with Crippen LogP contribution in [0.4, 0.5) is 17.1 Å². The Morgan fingerprint density at radius 3 is 2.17 bits per heavy atom. The molecule has 3 aromatic carbocycles. The topological polar surface area (TPSA) is 79.5 Å². The SMILES string of the molecule is CN(C)c1ccc(-n2cccc2C2C(c3ccccn3)NC(=S)N2c2ccc(Sc3ccc([N+](=O)[O-])cc3)cc2)cc1. The molecule has 6 rings (SSSR count). The van der Waals surface area contributed by atoms with E-state index in [1.54, 1.807) is 23.9 Å². The van der Waals surface area contributed by atoms with Gasteiger partial charge in [0, 0.05) is 71.2 Å². The van der Waals surface area contributed by atoms with E-state index >= 15 is 0 Å². The lowest BCUT2D eigenvalue weighted by molar-refractivity contribution is -0.384. The zero-order valence-corrected chi connectivity index (χ0v) is 24.6. The van der Waals surface area contributed by atoms with Crippen molar-refractivity contribution in [3.05, 3.63) is 137 Å². The summed E-state index contributed by atoms with van der Waals surface area (Å²) in [5.74, 6) is 0. The van der Waals surface area contributed by atoms with Crippen molar-refractivity contribution in [2.75, 3.05) is 23.9 Å². The second-order valence-electron chi connectivity index (χ2n) is 10.1. The summed E-state index contributed by atoms with van der Waals surface area (Å²) >= 11 is 7.49. The highest BCUT2D eigenvalue weighted by Gasteiger charge is 2.42. The zero-order chi connectivity index (χ0) is 29.2. The number of hydrogen-bond acceptors (Lipinski definition) is 6. The van der Waals surface area contributed by atoms with E-state index in [4.69, 9.17) is 12.2 Å². The Morgan fingerprint density at radius 1 is 0.881 bits per heavy atom. The van der Waals surface area contributed by atoms with Crippen molar-refractivity contribution < 1.29 is 4.92 Å². The third kappa shape index (κ3) is 5.46. The summed E-state index contributed by atoms with van der Waals surface area (Å²) in [7, 11) is 4.07. The molecule has 8 nitrogen and oxygen atoms in total. The molecule has 1 aliphatic rings. The van der Waals surface area contributed by atoms with Crippen LogP contribution in [-0.2, 0) is 0 Å². The molecule has 42 heavy (non-hydrogen) atoms. The van der Waals surface area contributed by atoms with Gasteiger partial charge in [-0.25, -0.2) is 0 Å². The van der Waals surface area contributed by atoms with Gasteiger partial charge in [-0.15, -0.1) is 0 Å². The monoisotopic (exact) mass is 592 g/mol. The van der Waals surface area contributed by atoms with Crippen molar-refractivity contribution in [3.63, 3.8) is 0 Å². The highest BCUT2D eigenvalue weighted by Crippen LogP contribution is 2.43. The maximum atomic E-state index is 11.0.